The van der Waals surface area contributed by atoms with Crippen LogP contribution in [0.15, 0.2) is 75.9 Å². The lowest BCUT2D eigenvalue weighted by atomic mass is 9.92. The van der Waals surface area contributed by atoms with E-state index in [0.717, 1.165) is 5.56 Å². The van der Waals surface area contributed by atoms with Crippen LogP contribution in [0.2, 0.25) is 0 Å². The number of nitrogens with one attached hydrogen (secondary N) is 1. The highest BCUT2D eigenvalue weighted by Crippen LogP contribution is 2.47. The van der Waals surface area contributed by atoms with Crippen molar-refractivity contribution in [3.63, 3.8) is 0 Å². The van der Waals surface area contributed by atoms with Crippen molar-refractivity contribution in [3.05, 3.63) is 82.0 Å². The van der Waals surface area contributed by atoms with Crippen LogP contribution < -0.4 is 14.8 Å². The van der Waals surface area contributed by atoms with Crippen LogP contribution in [0.4, 0.5) is 0 Å². The van der Waals surface area contributed by atoms with Gasteiger partial charge in [-0.3, -0.25) is 4.79 Å². The van der Waals surface area contributed by atoms with Crippen LogP contribution in [0.1, 0.15) is 30.5 Å². The SMILES string of the molecule is COCCOC(=O)C1=C(C)N=C2SC=C(CC(=O)NCc3ccccc3)N2C1c1cc(OC)ccc1OC. The minimum absolute atomic E-state index is 0.101. The molecule has 1 N–H and O–H groups in total. The second-order valence-corrected chi connectivity index (χ2v) is 9.41. The van der Waals surface area contributed by atoms with E-state index in [1.54, 1.807) is 40.4 Å². The molecular weight excluding hydrogens is 506 g/mol. The maximum Gasteiger partial charge on any atom is 0.338 e. The van der Waals surface area contributed by atoms with E-state index >= 15 is 0 Å². The molecule has 0 aliphatic carbocycles. The van der Waals surface area contributed by atoms with Crippen LogP contribution in [0.5, 0.6) is 11.5 Å². The number of hydrogen-bond donors (Lipinski definition) is 1. The standard InChI is InChI=1S/C28H31N3O6S/c1-18-25(27(33)37-13-12-34-2)26(22-15-21(35-3)10-11-23(22)36-4)31-20(17-38-28(31)30-18)14-24(32)29-16-19-8-6-5-7-9-19/h5-11,15,17,26H,12-14,16H2,1-4H3,(H,29,32). The Morgan fingerprint density at radius 1 is 1.05 bits per heavy atom. The summed E-state index contributed by atoms with van der Waals surface area (Å²) in [6.45, 7) is 2.57. The fraction of sp³-hybridized carbons (Fsp3) is 0.321. The first kappa shape index (κ1) is 27.3. The predicted octanol–water partition coefficient (Wildman–Crippen LogP) is 4.17. The number of nitrogens with zero attached hydrogens (tertiary/aromatic N) is 2. The summed E-state index contributed by atoms with van der Waals surface area (Å²) in [4.78, 5) is 33.0. The Morgan fingerprint density at radius 2 is 1.84 bits per heavy atom. The smallest absolute Gasteiger partial charge is 0.338 e. The molecule has 2 aliphatic rings. The lowest BCUT2D eigenvalue weighted by molar-refractivity contribution is -0.141. The van der Waals surface area contributed by atoms with Gasteiger partial charge in [0, 0.05) is 24.9 Å². The average molecular weight is 538 g/mol. The van der Waals surface area contributed by atoms with E-state index in [0.29, 0.717) is 45.7 Å². The number of amides is 1. The van der Waals surface area contributed by atoms with Crippen LogP contribution in [0.3, 0.4) is 0 Å². The van der Waals surface area contributed by atoms with Crippen molar-refractivity contribution >= 4 is 28.8 Å². The highest BCUT2D eigenvalue weighted by atomic mass is 32.2. The van der Waals surface area contributed by atoms with E-state index in [2.05, 4.69) is 5.32 Å². The first-order valence-electron chi connectivity index (χ1n) is 12.1. The second-order valence-electron chi connectivity index (χ2n) is 8.57. The molecular formula is C28H31N3O6S. The second kappa shape index (κ2) is 12.7. The van der Waals surface area contributed by atoms with Gasteiger partial charge in [0.2, 0.25) is 5.91 Å². The number of thioether (sulfide) groups is 1. The van der Waals surface area contributed by atoms with E-state index in [1.165, 1.54) is 11.8 Å². The Bertz CT molecular complexity index is 1270. The fourth-order valence-corrected chi connectivity index (χ4v) is 5.26. The van der Waals surface area contributed by atoms with Gasteiger partial charge in [0.25, 0.3) is 0 Å². The molecule has 2 aliphatic heterocycles. The summed E-state index contributed by atoms with van der Waals surface area (Å²) in [5, 5.41) is 5.54. The average Bonchev–Trinajstić information content (AvgIpc) is 3.32. The molecule has 4 rings (SSSR count). The monoisotopic (exact) mass is 537 g/mol. The lowest BCUT2D eigenvalue weighted by Crippen LogP contribution is -2.38. The van der Waals surface area contributed by atoms with Crippen molar-refractivity contribution in [2.24, 2.45) is 4.99 Å². The number of amidine groups is 1. The molecule has 0 radical (unpaired) electrons. The number of hydrogen-bond acceptors (Lipinski definition) is 9. The third-order valence-corrected chi connectivity index (χ3v) is 7.04. The van der Waals surface area contributed by atoms with Gasteiger partial charge in [-0.05, 0) is 36.1 Å². The van der Waals surface area contributed by atoms with Gasteiger partial charge < -0.3 is 29.2 Å². The third kappa shape index (κ3) is 6.03. The van der Waals surface area contributed by atoms with Gasteiger partial charge in [-0.25, -0.2) is 9.79 Å². The molecule has 2 aromatic rings. The normalized spacial score (nSPS) is 16.4. The van der Waals surface area contributed by atoms with Crippen molar-refractivity contribution in [1.29, 1.82) is 0 Å². The summed E-state index contributed by atoms with van der Waals surface area (Å²) in [7, 11) is 4.69. The van der Waals surface area contributed by atoms with Crippen LogP contribution in [0.25, 0.3) is 0 Å². The molecule has 9 nitrogen and oxygen atoms in total. The van der Waals surface area contributed by atoms with Gasteiger partial charge >= 0.3 is 5.97 Å². The van der Waals surface area contributed by atoms with Crippen molar-refractivity contribution in [1.82, 2.24) is 10.2 Å². The number of rotatable bonds is 11. The molecule has 1 amide bonds. The number of esters is 1. The molecule has 1 unspecified atom stereocenters. The molecule has 0 fully saturated rings. The Labute approximate surface area is 226 Å². The zero-order valence-electron chi connectivity index (χ0n) is 21.9. The number of methoxy groups -OCH3 is 3. The molecule has 1 atom stereocenters. The van der Waals surface area contributed by atoms with Crippen LogP contribution in [0, 0.1) is 0 Å². The van der Waals surface area contributed by atoms with Gasteiger partial charge in [-0.15, -0.1) is 0 Å². The first-order chi connectivity index (χ1) is 18.5. The zero-order valence-corrected chi connectivity index (χ0v) is 22.7. The van der Waals surface area contributed by atoms with Crippen LogP contribution in [-0.4, -0.2) is 56.5 Å². The number of benzene rings is 2. The van der Waals surface area contributed by atoms with E-state index in [9.17, 15) is 9.59 Å². The predicted molar refractivity (Wildman–Crippen MR) is 146 cm³/mol. The topological polar surface area (TPSA) is 98.7 Å². The number of fused-ring (bicyclic) bond motifs is 1. The molecule has 2 heterocycles. The molecule has 2 aromatic carbocycles. The molecule has 38 heavy (non-hydrogen) atoms. The summed E-state index contributed by atoms with van der Waals surface area (Å²) < 4.78 is 21.8. The number of aliphatic imine (C=N–C) groups is 1. The van der Waals surface area contributed by atoms with E-state index in [4.69, 9.17) is 23.9 Å². The first-order valence-corrected chi connectivity index (χ1v) is 13.0. The summed E-state index contributed by atoms with van der Waals surface area (Å²) in [5.41, 5.74) is 3.30. The van der Waals surface area contributed by atoms with Crippen molar-refractivity contribution < 1.29 is 28.5 Å². The maximum atomic E-state index is 13.4. The maximum absolute atomic E-state index is 13.4. The number of carbonyl (C=O) groups is 2. The van der Waals surface area contributed by atoms with E-state index < -0.39 is 12.0 Å². The van der Waals surface area contributed by atoms with E-state index in [-0.39, 0.29) is 25.5 Å². The zero-order chi connectivity index (χ0) is 27.1. The van der Waals surface area contributed by atoms with Gasteiger partial charge in [0.15, 0.2) is 5.17 Å². The molecule has 0 spiro atoms. The van der Waals surface area contributed by atoms with Gasteiger partial charge in [-0.1, -0.05) is 42.1 Å². The quantitative estimate of drug-likeness (QED) is 0.337. The van der Waals surface area contributed by atoms with Crippen LogP contribution >= 0.6 is 11.8 Å². The summed E-state index contributed by atoms with van der Waals surface area (Å²) in [6.07, 6.45) is 0.104. The fourth-order valence-electron chi connectivity index (χ4n) is 4.30. The number of carbonyl (C=O) groups excluding carboxylic acids is 2. The van der Waals surface area contributed by atoms with Crippen LogP contribution in [-0.2, 0) is 25.6 Å². The summed E-state index contributed by atoms with van der Waals surface area (Å²) in [5.74, 6) is 0.514. The van der Waals surface area contributed by atoms with Gasteiger partial charge in [0.1, 0.15) is 18.1 Å². The Kier molecular flexibility index (Phi) is 9.09. The highest BCUT2D eigenvalue weighted by molar-refractivity contribution is 8.16. The molecule has 0 aromatic heterocycles. The number of ether oxygens (including phenoxy) is 4. The summed E-state index contributed by atoms with van der Waals surface area (Å²) in [6, 6.07) is 14.5. The third-order valence-electron chi connectivity index (χ3n) is 6.15. The van der Waals surface area contributed by atoms with Crippen molar-refractivity contribution in [3.8, 4) is 11.5 Å². The Hall–Kier alpha value is -3.76. The molecule has 10 heteroatoms. The number of allylic oxidation sites excluding steroid dienone is 1. The minimum Gasteiger partial charge on any atom is -0.497 e. The van der Waals surface area contributed by atoms with Crippen molar-refractivity contribution in [2.75, 3.05) is 34.5 Å². The largest absolute Gasteiger partial charge is 0.497 e. The molecule has 0 saturated heterocycles. The molecule has 0 bridgehead atoms. The molecule has 0 saturated carbocycles. The highest BCUT2D eigenvalue weighted by Gasteiger charge is 2.42. The Balaban J connectivity index is 1.68. The Morgan fingerprint density at radius 3 is 2.55 bits per heavy atom. The van der Waals surface area contributed by atoms with Crippen molar-refractivity contribution in [2.45, 2.75) is 25.9 Å². The lowest BCUT2D eigenvalue weighted by Gasteiger charge is -2.36. The minimum atomic E-state index is -0.647. The summed E-state index contributed by atoms with van der Waals surface area (Å²) >= 11 is 1.41. The van der Waals surface area contributed by atoms with Gasteiger partial charge in [-0.2, -0.15) is 0 Å². The van der Waals surface area contributed by atoms with Gasteiger partial charge in [0.05, 0.1) is 44.6 Å². The molecule has 200 valence electrons. The van der Waals surface area contributed by atoms with E-state index in [1.807, 2.05) is 46.7 Å².